The number of aryl methyl sites for hydroxylation is 2. The summed E-state index contributed by atoms with van der Waals surface area (Å²) < 4.78 is 0.585. The van der Waals surface area contributed by atoms with Crippen molar-refractivity contribution in [3.05, 3.63) is 109 Å². The number of nitro groups is 1. The molecule has 0 saturated heterocycles. The molecule has 7 nitrogen and oxygen atoms in total. The van der Waals surface area contributed by atoms with E-state index in [2.05, 4.69) is 26.6 Å². The molecule has 0 heterocycles. The van der Waals surface area contributed by atoms with Crippen molar-refractivity contribution in [2.45, 2.75) is 13.8 Å². The Morgan fingerprint density at radius 3 is 2.19 bits per heavy atom. The summed E-state index contributed by atoms with van der Waals surface area (Å²) in [6.07, 6.45) is 1.47. The Hall–Kier alpha value is -3.78. The number of nitro benzene ring substituents is 1. The van der Waals surface area contributed by atoms with E-state index in [4.69, 9.17) is 0 Å². The number of nitrogens with one attached hydrogen (secondary N) is 2. The highest BCUT2D eigenvalue weighted by Crippen LogP contribution is 2.19. The van der Waals surface area contributed by atoms with Crippen molar-refractivity contribution in [2.75, 3.05) is 5.32 Å². The Balaban J connectivity index is 1.94. The van der Waals surface area contributed by atoms with Gasteiger partial charge >= 0.3 is 0 Å². The Bertz CT molecular complexity index is 1200. The van der Waals surface area contributed by atoms with Gasteiger partial charge in [0.2, 0.25) is 0 Å². The van der Waals surface area contributed by atoms with Gasteiger partial charge in [-0.1, -0.05) is 18.2 Å². The number of benzene rings is 3. The van der Waals surface area contributed by atoms with Crippen LogP contribution in [0, 0.1) is 24.0 Å². The number of halogens is 1. The van der Waals surface area contributed by atoms with Gasteiger partial charge in [0.25, 0.3) is 17.5 Å². The minimum Gasteiger partial charge on any atom is -0.321 e. The third-order valence-corrected chi connectivity index (χ3v) is 5.20. The van der Waals surface area contributed by atoms with Gasteiger partial charge in [0.1, 0.15) is 5.70 Å². The average molecular weight is 494 g/mol. The lowest BCUT2D eigenvalue weighted by Gasteiger charge is -2.13. The van der Waals surface area contributed by atoms with Gasteiger partial charge in [-0.15, -0.1) is 0 Å². The van der Waals surface area contributed by atoms with Crippen LogP contribution in [0.5, 0.6) is 0 Å². The summed E-state index contributed by atoms with van der Waals surface area (Å²) >= 11 is 3.34. The summed E-state index contributed by atoms with van der Waals surface area (Å²) in [6.45, 7) is 3.84. The van der Waals surface area contributed by atoms with Gasteiger partial charge in [0, 0.05) is 22.3 Å². The van der Waals surface area contributed by atoms with E-state index in [0.717, 1.165) is 11.1 Å². The minimum atomic E-state index is -0.520. The maximum Gasteiger partial charge on any atom is 0.272 e. The zero-order chi connectivity index (χ0) is 23.3. The number of amides is 2. The smallest absolute Gasteiger partial charge is 0.272 e. The highest BCUT2D eigenvalue weighted by Gasteiger charge is 2.17. The summed E-state index contributed by atoms with van der Waals surface area (Å²) in [5.74, 6) is -0.991. The van der Waals surface area contributed by atoms with Crippen LogP contribution >= 0.6 is 15.9 Å². The number of rotatable bonds is 6. The van der Waals surface area contributed by atoms with E-state index in [1.807, 2.05) is 32.0 Å². The molecule has 32 heavy (non-hydrogen) atoms. The normalized spacial score (nSPS) is 11.0. The molecule has 0 aromatic heterocycles. The molecular weight excluding hydrogens is 474 g/mol. The summed E-state index contributed by atoms with van der Waals surface area (Å²) in [5, 5.41) is 16.4. The molecule has 162 valence electrons. The van der Waals surface area contributed by atoms with Gasteiger partial charge in [0.15, 0.2) is 0 Å². The lowest BCUT2D eigenvalue weighted by Crippen LogP contribution is -2.31. The first kappa shape index (κ1) is 22.9. The first-order valence-corrected chi connectivity index (χ1v) is 10.4. The fourth-order valence-electron chi connectivity index (χ4n) is 3.10. The largest absolute Gasteiger partial charge is 0.321 e. The van der Waals surface area contributed by atoms with Crippen molar-refractivity contribution in [2.24, 2.45) is 0 Å². The predicted molar refractivity (Wildman–Crippen MR) is 127 cm³/mol. The Labute approximate surface area is 193 Å². The van der Waals surface area contributed by atoms with Crippen molar-refractivity contribution in [1.82, 2.24) is 5.32 Å². The minimum absolute atomic E-state index is 0.00114. The van der Waals surface area contributed by atoms with E-state index in [-0.39, 0.29) is 11.4 Å². The SMILES string of the molecule is Cc1cc(C)cc(NC(=O)/C(=C\c2ccc([N+](=O)[O-])cc2)NC(=O)c2ccccc2Br)c1. The lowest BCUT2D eigenvalue weighted by atomic mass is 10.1. The highest BCUT2D eigenvalue weighted by molar-refractivity contribution is 9.10. The summed E-state index contributed by atoms with van der Waals surface area (Å²) in [7, 11) is 0. The molecule has 0 aliphatic heterocycles. The number of non-ortho nitro benzene ring substituents is 1. The first-order valence-electron chi connectivity index (χ1n) is 9.64. The zero-order valence-electron chi connectivity index (χ0n) is 17.4. The van der Waals surface area contributed by atoms with Crippen LogP contribution in [0.1, 0.15) is 27.0 Å². The molecule has 2 amide bonds. The summed E-state index contributed by atoms with van der Waals surface area (Å²) in [4.78, 5) is 36.3. The fraction of sp³-hybridized carbons (Fsp3) is 0.0833. The predicted octanol–water partition coefficient (Wildman–Crippen LogP) is 5.38. The molecular formula is C24H20BrN3O4. The van der Waals surface area contributed by atoms with E-state index in [1.165, 1.54) is 30.3 Å². The molecule has 0 saturated carbocycles. The topological polar surface area (TPSA) is 101 Å². The van der Waals surface area contributed by atoms with Gasteiger partial charge in [-0.3, -0.25) is 19.7 Å². The van der Waals surface area contributed by atoms with Crippen molar-refractivity contribution in [3.63, 3.8) is 0 Å². The van der Waals surface area contributed by atoms with E-state index in [9.17, 15) is 19.7 Å². The van der Waals surface area contributed by atoms with E-state index in [0.29, 0.717) is 21.3 Å². The monoisotopic (exact) mass is 493 g/mol. The van der Waals surface area contributed by atoms with Gasteiger partial charge in [-0.05, 0) is 88.9 Å². The average Bonchev–Trinajstić information content (AvgIpc) is 2.73. The van der Waals surface area contributed by atoms with Gasteiger partial charge < -0.3 is 10.6 Å². The molecule has 8 heteroatoms. The van der Waals surface area contributed by atoms with Crippen LogP contribution in [0.4, 0.5) is 11.4 Å². The number of hydrogen-bond donors (Lipinski definition) is 2. The Kier molecular flexibility index (Phi) is 7.17. The number of anilines is 1. The maximum absolute atomic E-state index is 13.1. The number of carbonyl (C=O) groups excluding carboxylic acids is 2. The number of carbonyl (C=O) groups is 2. The molecule has 0 aliphatic rings. The molecule has 3 aromatic rings. The van der Waals surface area contributed by atoms with Gasteiger partial charge in [-0.2, -0.15) is 0 Å². The third-order valence-electron chi connectivity index (χ3n) is 4.51. The number of hydrogen-bond acceptors (Lipinski definition) is 4. The number of nitrogens with zero attached hydrogens (tertiary/aromatic N) is 1. The molecule has 3 rings (SSSR count). The van der Waals surface area contributed by atoms with Crippen LogP contribution < -0.4 is 10.6 Å². The van der Waals surface area contributed by atoms with E-state index < -0.39 is 16.7 Å². The van der Waals surface area contributed by atoms with Crippen molar-refractivity contribution >= 4 is 45.2 Å². The van der Waals surface area contributed by atoms with Crippen LogP contribution in [-0.2, 0) is 4.79 Å². The van der Waals surface area contributed by atoms with Crippen LogP contribution in [0.2, 0.25) is 0 Å². The second-order valence-corrected chi connectivity index (χ2v) is 8.03. The summed E-state index contributed by atoms with van der Waals surface area (Å²) in [5.41, 5.74) is 3.38. The summed E-state index contributed by atoms with van der Waals surface area (Å²) in [6, 6.07) is 18.2. The standard InChI is InChI=1S/C24H20BrN3O4/c1-15-11-16(2)13-18(12-15)26-24(30)22(14-17-7-9-19(10-8-17)28(31)32)27-23(29)20-5-3-4-6-21(20)25/h3-14H,1-2H3,(H,26,30)(H,27,29)/b22-14+. The quantitative estimate of drug-likeness (QED) is 0.273. The highest BCUT2D eigenvalue weighted by atomic mass is 79.9. The molecule has 0 radical (unpaired) electrons. The van der Waals surface area contributed by atoms with Crippen molar-refractivity contribution in [3.8, 4) is 0 Å². The van der Waals surface area contributed by atoms with Crippen LogP contribution in [0.3, 0.4) is 0 Å². The van der Waals surface area contributed by atoms with Crippen LogP contribution in [0.15, 0.2) is 76.9 Å². The van der Waals surface area contributed by atoms with Crippen molar-refractivity contribution < 1.29 is 14.5 Å². The van der Waals surface area contributed by atoms with E-state index >= 15 is 0 Å². The van der Waals surface area contributed by atoms with Gasteiger partial charge in [0.05, 0.1) is 10.5 Å². The van der Waals surface area contributed by atoms with Crippen LogP contribution in [-0.4, -0.2) is 16.7 Å². The molecule has 0 bridgehead atoms. The molecule has 0 atom stereocenters. The van der Waals surface area contributed by atoms with Crippen molar-refractivity contribution in [1.29, 1.82) is 0 Å². The fourth-order valence-corrected chi connectivity index (χ4v) is 3.56. The first-order chi connectivity index (χ1) is 15.2. The molecule has 0 fully saturated rings. The molecule has 3 aromatic carbocycles. The maximum atomic E-state index is 13.1. The van der Waals surface area contributed by atoms with Crippen LogP contribution in [0.25, 0.3) is 6.08 Å². The van der Waals surface area contributed by atoms with E-state index in [1.54, 1.807) is 24.3 Å². The zero-order valence-corrected chi connectivity index (χ0v) is 19.0. The lowest BCUT2D eigenvalue weighted by molar-refractivity contribution is -0.384. The Morgan fingerprint density at radius 1 is 0.969 bits per heavy atom. The molecule has 2 N–H and O–H groups in total. The second kappa shape index (κ2) is 10.0. The third kappa shape index (κ3) is 5.89. The molecule has 0 aliphatic carbocycles. The Morgan fingerprint density at radius 2 is 1.59 bits per heavy atom. The molecule has 0 spiro atoms. The molecule has 0 unspecified atom stereocenters. The second-order valence-electron chi connectivity index (χ2n) is 7.17. The van der Waals surface area contributed by atoms with Gasteiger partial charge in [-0.25, -0.2) is 0 Å².